The highest BCUT2D eigenvalue weighted by Gasteiger charge is 2.12. The first-order valence-electron chi connectivity index (χ1n) is 4.76. The number of benzene rings is 1. The van der Waals surface area contributed by atoms with Gasteiger partial charge in [0.2, 0.25) is 0 Å². The highest BCUT2D eigenvalue weighted by molar-refractivity contribution is 4.99. The van der Waals surface area contributed by atoms with E-state index in [4.69, 9.17) is 5.39 Å². The number of diazo groups is 1. The minimum Gasteiger partial charge on any atom is -1.00 e. The summed E-state index contributed by atoms with van der Waals surface area (Å²) >= 11 is 0. The maximum Gasteiger partial charge on any atom is 0.365 e. The van der Waals surface area contributed by atoms with E-state index in [1.165, 1.54) is 0 Å². The summed E-state index contributed by atoms with van der Waals surface area (Å²) in [6.07, 6.45) is 0. The molecule has 0 aliphatic carbocycles. The molecule has 16 heavy (non-hydrogen) atoms. The Balaban J connectivity index is 0. The van der Waals surface area contributed by atoms with Crippen molar-refractivity contribution in [1.82, 2.24) is 5.34 Å². The van der Waals surface area contributed by atoms with E-state index in [1.807, 2.05) is 36.4 Å². The van der Waals surface area contributed by atoms with Crippen molar-refractivity contribution in [1.29, 1.82) is 5.39 Å². The second kappa shape index (κ2) is 13.7. The Labute approximate surface area is 102 Å². The van der Waals surface area contributed by atoms with Gasteiger partial charge in [-0.05, 0) is 13.8 Å². The van der Waals surface area contributed by atoms with Gasteiger partial charge in [-0.25, -0.2) is 0 Å². The van der Waals surface area contributed by atoms with E-state index >= 15 is 0 Å². The number of halogens is 1. The molecular weight excluding hydrogens is 230 g/mol. The molecule has 0 fully saturated rings. The van der Waals surface area contributed by atoms with Crippen molar-refractivity contribution in [2.24, 2.45) is 0 Å². The first-order valence-corrected chi connectivity index (χ1v) is 4.76. The third kappa shape index (κ3) is 10.7. The smallest absolute Gasteiger partial charge is 0.365 e. The van der Waals surface area contributed by atoms with Crippen molar-refractivity contribution in [2.75, 3.05) is 13.2 Å². The monoisotopic (exact) mass is 245 g/mol. The average Bonchev–Trinajstić information content (AvgIpc) is 2.32. The molecule has 0 spiro atoms. The molecule has 0 radical (unpaired) electrons. The zero-order valence-electron chi connectivity index (χ0n) is 9.41. The minimum absolute atomic E-state index is 0. The summed E-state index contributed by atoms with van der Waals surface area (Å²) in [6, 6.07) is 12.0. The summed E-state index contributed by atoms with van der Waals surface area (Å²) in [5.41, 5.74) is 0. The van der Waals surface area contributed by atoms with Crippen molar-refractivity contribution in [3.05, 3.63) is 41.5 Å². The van der Waals surface area contributed by atoms with Gasteiger partial charge in [-0.15, -0.1) is 0 Å². The minimum atomic E-state index is 0. The summed E-state index contributed by atoms with van der Waals surface area (Å²) in [7, 11) is 0. The highest BCUT2D eigenvalue weighted by Crippen LogP contribution is 1.90. The fourth-order valence-electron chi connectivity index (χ4n) is 0.695. The van der Waals surface area contributed by atoms with Gasteiger partial charge in [-0.3, -0.25) is 0 Å². The predicted octanol–water partition coefficient (Wildman–Crippen LogP) is -0.350. The van der Waals surface area contributed by atoms with Crippen LogP contribution in [0.2, 0.25) is 0 Å². The molecule has 1 aromatic carbocycles. The van der Waals surface area contributed by atoms with Gasteiger partial charge in [0.1, 0.15) is 0 Å². The Morgan fingerprint density at radius 2 is 1.25 bits per heavy atom. The summed E-state index contributed by atoms with van der Waals surface area (Å²) < 4.78 is 0. The van der Waals surface area contributed by atoms with Gasteiger partial charge in [0.25, 0.3) is 10.7 Å². The molecule has 0 unspecified atom stereocenters. The Hall–Kier alpha value is -1.35. The number of nitrogens with zero attached hydrogens (tertiary/aromatic N) is 3. The number of hydrogen-bond acceptors (Lipinski definition) is 4. The Morgan fingerprint density at radius 3 is 1.44 bits per heavy atom. The molecule has 0 heterocycles. The van der Waals surface area contributed by atoms with Crippen LogP contribution in [0.4, 0.5) is 0 Å². The van der Waals surface area contributed by atoms with Crippen molar-refractivity contribution in [3.63, 3.8) is 0 Å². The maximum absolute atomic E-state index is 8.09. The standard InChI is InChI=1S/C6H6.C4H10N3O2.ClH/c1-2-4-6-5-3-1;1-3-8-7(6-5)9-4-2;/h1-6H;3-4H2,1-2H3;1H/q;+1;/p-1. The normalized spacial score (nSPS) is 7.81. The van der Waals surface area contributed by atoms with Gasteiger partial charge in [0.05, 0.1) is 13.2 Å². The lowest BCUT2D eigenvalue weighted by Crippen LogP contribution is -3.00. The van der Waals surface area contributed by atoms with Gasteiger partial charge >= 0.3 is 5.08 Å². The number of hydrogen-bond donors (Lipinski definition) is 0. The first kappa shape index (κ1) is 17.1. The van der Waals surface area contributed by atoms with Gasteiger partial charge in [-0.2, -0.15) is 9.68 Å². The molecule has 0 amide bonds. The topological polar surface area (TPSA) is 49.9 Å². The zero-order chi connectivity index (χ0) is 11.4. The Bertz CT molecular complexity index is 234. The van der Waals surface area contributed by atoms with E-state index in [1.54, 1.807) is 13.8 Å². The number of rotatable bonds is 4. The lowest BCUT2D eigenvalue weighted by atomic mass is 10.4. The van der Waals surface area contributed by atoms with Gasteiger partial charge in [0, 0.05) is 0 Å². The van der Waals surface area contributed by atoms with Crippen molar-refractivity contribution >= 4 is 0 Å². The molecule has 1 aromatic rings. The van der Waals surface area contributed by atoms with Crippen LogP contribution in [-0.4, -0.2) is 18.5 Å². The van der Waals surface area contributed by atoms with Crippen LogP contribution in [0.1, 0.15) is 13.8 Å². The van der Waals surface area contributed by atoms with Crippen LogP contribution >= 0.6 is 0 Å². The second-order valence-corrected chi connectivity index (χ2v) is 2.32. The van der Waals surface area contributed by atoms with E-state index in [0.717, 1.165) is 0 Å². The second-order valence-electron chi connectivity index (χ2n) is 2.32. The third-order valence-electron chi connectivity index (χ3n) is 1.22. The van der Waals surface area contributed by atoms with E-state index in [2.05, 4.69) is 14.8 Å². The van der Waals surface area contributed by atoms with E-state index in [-0.39, 0.29) is 12.4 Å². The van der Waals surface area contributed by atoms with Crippen LogP contribution in [0.15, 0.2) is 36.4 Å². The molecule has 0 saturated carbocycles. The zero-order valence-corrected chi connectivity index (χ0v) is 10.2. The van der Waals surface area contributed by atoms with Crippen molar-refractivity contribution in [3.8, 4) is 0 Å². The molecule has 0 aliphatic rings. The van der Waals surface area contributed by atoms with E-state index in [9.17, 15) is 0 Å². The average molecular weight is 246 g/mol. The van der Waals surface area contributed by atoms with Crippen LogP contribution in [0.5, 0.6) is 0 Å². The summed E-state index contributed by atoms with van der Waals surface area (Å²) in [4.78, 5) is 9.25. The fourth-order valence-corrected chi connectivity index (χ4v) is 0.695. The molecule has 1 rings (SSSR count). The summed E-state index contributed by atoms with van der Waals surface area (Å²) in [5, 5.41) is 11.4. The summed E-state index contributed by atoms with van der Waals surface area (Å²) in [6.45, 7) is 4.34. The summed E-state index contributed by atoms with van der Waals surface area (Å²) in [5.74, 6) is 0. The quantitative estimate of drug-likeness (QED) is 0.538. The predicted molar refractivity (Wildman–Crippen MR) is 56.6 cm³/mol. The molecule has 0 aromatic heterocycles. The van der Waals surface area contributed by atoms with Gasteiger partial charge in [-0.1, -0.05) is 36.4 Å². The van der Waals surface area contributed by atoms with Crippen LogP contribution < -0.4 is 12.4 Å². The molecular formula is C10H16ClN3O2. The van der Waals surface area contributed by atoms with Crippen LogP contribution in [0.3, 0.4) is 0 Å². The van der Waals surface area contributed by atoms with Gasteiger partial charge < -0.3 is 12.4 Å². The lowest BCUT2D eigenvalue weighted by molar-refractivity contribution is -0.336. The molecule has 0 bridgehead atoms. The van der Waals surface area contributed by atoms with Crippen LogP contribution in [-0.2, 0) is 9.68 Å². The molecule has 0 aliphatic heterocycles. The van der Waals surface area contributed by atoms with Crippen LogP contribution in [0, 0.1) is 5.39 Å². The molecule has 0 N–H and O–H groups in total. The van der Waals surface area contributed by atoms with Gasteiger partial charge in [0.15, 0.2) is 0 Å². The van der Waals surface area contributed by atoms with Crippen LogP contribution in [0.25, 0.3) is 5.08 Å². The molecule has 90 valence electrons. The fraction of sp³-hybridized carbons (Fsp3) is 0.400. The molecule has 5 nitrogen and oxygen atoms in total. The Morgan fingerprint density at radius 1 is 0.938 bits per heavy atom. The third-order valence-corrected chi connectivity index (χ3v) is 1.22. The maximum atomic E-state index is 8.09. The first-order chi connectivity index (χ1) is 7.35. The van der Waals surface area contributed by atoms with Crippen molar-refractivity contribution < 1.29 is 22.1 Å². The molecule has 6 heteroatoms. The largest absolute Gasteiger partial charge is 1.00 e. The van der Waals surface area contributed by atoms with E-state index < -0.39 is 0 Å². The SMILES string of the molecule is CCON([N+]#N)OCC.[Cl-].c1ccccc1. The highest BCUT2D eigenvalue weighted by atomic mass is 35.5. The molecule has 0 atom stereocenters. The lowest BCUT2D eigenvalue weighted by Gasteiger charge is -1.96. The van der Waals surface area contributed by atoms with Crippen molar-refractivity contribution in [2.45, 2.75) is 13.8 Å². The molecule has 0 saturated heterocycles. The van der Waals surface area contributed by atoms with E-state index in [0.29, 0.717) is 18.5 Å². The Kier molecular flexibility index (Phi) is 14.6.